The van der Waals surface area contributed by atoms with Crippen molar-refractivity contribution in [1.29, 1.82) is 0 Å². The van der Waals surface area contributed by atoms with Crippen LogP contribution in [0, 0.1) is 6.92 Å². The Morgan fingerprint density at radius 3 is 2.44 bits per heavy atom. The molecule has 3 aromatic rings. The average Bonchev–Trinajstić information content (AvgIpc) is 3.20. The van der Waals surface area contributed by atoms with Crippen molar-refractivity contribution in [2.24, 2.45) is 0 Å². The fraction of sp³-hybridized carbons (Fsp3) is 0.105. The highest BCUT2D eigenvalue weighted by atomic mass is 35.5. The molecule has 1 amide bonds. The van der Waals surface area contributed by atoms with Gasteiger partial charge >= 0.3 is 0 Å². The Balaban J connectivity index is 1.93. The van der Waals surface area contributed by atoms with Gasteiger partial charge in [0.15, 0.2) is 0 Å². The molecule has 140 valence electrons. The van der Waals surface area contributed by atoms with Crippen LogP contribution in [0.2, 0.25) is 5.02 Å². The minimum atomic E-state index is -3.84. The Kier molecular flexibility index (Phi) is 5.96. The molecule has 0 radical (unpaired) electrons. The number of sulfonamides is 1. The molecule has 1 atom stereocenters. The van der Waals surface area contributed by atoms with Crippen molar-refractivity contribution in [2.45, 2.75) is 17.2 Å². The molecule has 1 aromatic heterocycles. The third kappa shape index (κ3) is 4.56. The summed E-state index contributed by atoms with van der Waals surface area (Å²) in [6.07, 6.45) is 0. The van der Waals surface area contributed by atoms with Crippen LogP contribution in [0.4, 0.5) is 5.69 Å². The summed E-state index contributed by atoms with van der Waals surface area (Å²) < 4.78 is 28.0. The van der Waals surface area contributed by atoms with Gasteiger partial charge in [0.25, 0.3) is 10.0 Å². The molecular formula is C19H17ClN2O3S2. The quantitative estimate of drug-likeness (QED) is 0.621. The lowest BCUT2D eigenvalue weighted by Crippen LogP contribution is -2.36. The normalized spacial score (nSPS) is 12.5. The van der Waals surface area contributed by atoms with E-state index in [9.17, 15) is 13.2 Å². The molecule has 0 aliphatic rings. The summed E-state index contributed by atoms with van der Waals surface area (Å²) in [6.45, 7) is 1.78. The van der Waals surface area contributed by atoms with Crippen LogP contribution in [-0.4, -0.2) is 14.3 Å². The molecule has 5 nitrogen and oxygen atoms in total. The van der Waals surface area contributed by atoms with Gasteiger partial charge in [0, 0.05) is 10.7 Å². The smallest absolute Gasteiger partial charge is 0.251 e. The van der Waals surface area contributed by atoms with E-state index >= 15 is 0 Å². The van der Waals surface area contributed by atoms with Crippen LogP contribution in [0.15, 0.2) is 70.3 Å². The third-order valence-corrected chi connectivity index (χ3v) is 7.18. The monoisotopic (exact) mass is 420 g/mol. The summed E-state index contributed by atoms with van der Waals surface area (Å²) in [4.78, 5) is 12.9. The van der Waals surface area contributed by atoms with Crippen LogP contribution in [0.1, 0.15) is 17.2 Å². The Hall–Kier alpha value is -2.19. The molecule has 2 aromatic carbocycles. The first-order valence-electron chi connectivity index (χ1n) is 8.05. The molecule has 0 bridgehead atoms. The number of halogens is 1. The summed E-state index contributed by atoms with van der Waals surface area (Å²) in [5.41, 5.74) is 1.78. The first-order chi connectivity index (χ1) is 12.9. The number of nitrogens with one attached hydrogen (secondary N) is 2. The second-order valence-corrected chi connectivity index (χ2v) is 9.09. The third-order valence-electron chi connectivity index (χ3n) is 3.95. The van der Waals surface area contributed by atoms with Crippen LogP contribution in [0.3, 0.4) is 0 Å². The van der Waals surface area contributed by atoms with E-state index in [1.807, 2.05) is 0 Å². The van der Waals surface area contributed by atoms with E-state index in [-0.39, 0.29) is 4.21 Å². The standard InChI is InChI=1S/C19H17ClN2O3S2/c1-13-15(20)9-5-10-16(13)21-19(23)18(14-7-3-2-4-8-14)22-27(24,25)17-11-6-12-26-17/h2-12,18,22H,1H3,(H,21,23)/t18-/m1/s1. The fourth-order valence-electron chi connectivity index (χ4n) is 2.50. The van der Waals surface area contributed by atoms with Gasteiger partial charge in [0.1, 0.15) is 10.3 Å². The minimum absolute atomic E-state index is 0.148. The van der Waals surface area contributed by atoms with Crippen LogP contribution in [0.5, 0.6) is 0 Å². The van der Waals surface area contributed by atoms with Crippen molar-refractivity contribution < 1.29 is 13.2 Å². The average molecular weight is 421 g/mol. The minimum Gasteiger partial charge on any atom is -0.324 e. The van der Waals surface area contributed by atoms with E-state index in [1.165, 1.54) is 6.07 Å². The molecule has 0 spiro atoms. The van der Waals surface area contributed by atoms with Gasteiger partial charge in [-0.15, -0.1) is 11.3 Å². The van der Waals surface area contributed by atoms with Gasteiger partial charge in [0.2, 0.25) is 5.91 Å². The molecule has 0 aliphatic carbocycles. The topological polar surface area (TPSA) is 75.3 Å². The second-order valence-electron chi connectivity index (χ2n) is 5.80. The summed E-state index contributed by atoms with van der Waals surface area (Å²) in [5.74, 6) is -0.494. The number of carbonyl (C=O) groups excluding carboxylic acids is 1. The van der Waals surface area contributed by atoms with Gasteiger partial charge in [-0.25, -0.2) is 8.42 Å². The summed E-state index contributed by atoms with van der Waals surface area (Å²) in [7, 11) is -3.84. The number of hydrogen-bond acceptors (Lipinski definition) is 4. The van der Waals surface area contributed by atoms with Gasteiger partial charge in [-0.05, 0) is 41.6 Å². The number of carbonyl (C=O) groups is 1. The zero-order valence-electron chi connectivity index (χ0n) is 14.3. The van der Waals surface area contributed by atoms with Gasteiger partial charge in [-0.3, -0.25) is 4.79 Å². The molecular weight excluding hydrogens is 404 g/mol. The highest BCUT2D eigenvalue weighted by molar-refractivity contribution is 7.91. The maximum absolute atomic E-state index is 12.9. The zero-order valence-corrected chi connectivity index (χ0v) is 16.7. The molecule has 8 heteroatoms. The van der Waals surface area contributed by atoms with Crippen molar-refractivity contribution in [2.75, 3.05) is 5.32 Å². The number of rotatable bonds is 6. The number of amides is 1. The largest absolute Gasteiger partial charge is 0.324 e. The van der Waals surface area contributed by atoms with Gasteiger partial charge in [-0.1, -0.05) is 54.1 Å². The van der Waals surface area contributed by atoms with Crippen LogP contribution >= 0.6 is 22.9 Å². The van der Waals surface area contributed by atoms with Crippen LogP contribution in [0.25, 0.3) is 0 Å². The maximum Gasteiger partial charge on any atom is 0.251 e. The summed E-state index contributed by atoms with van der Waals surface area (Å²) in [6, 6.07) is 15.9. The summed E-state index contributed by atoms with van der Waals surface area (Å²) >= 11 is 7.19. The predicted molar refractivity (Wildman–Crippen MR) is 109 cm³/mol. The van der Waals surface area contributed by atoms with Gasteiger partial charge < -0.3 is 5.32 Å². The Labute approximate surface area is 167 Å². The lowest BCUT2D eigenvalue weighted by molar-refractivity contribution is -0.117. The van der Waals surface area contributed by atoms with Crippen molar-refractivity contribution in [3.8, 4) is 0 Å². The Bertz CT molecular complexity index is 1040. The maximum atomic E-state index is 12.9. The van der Waals surface area contributed by atoms with Crippen molar-refractivity contribution in [3.05, 3.63) is 82.2 Å². The van der Waals surface area contributed by atoms with Gasteiger partial charge in [-0.2, -0.15) is 4.72 Å². The van der Waals surface area contributed by atoms with E-state index < -0.39 is 22.0 Å². The first-order valence-corrected chi connectivity index (χ1v) is 10.8. The molecule has 0 saturated carbocycles. The molecule has 2 N–H and O–H groups in total. The summed E-state index contributed by atoms with van der Waals surface area (Å²) in [5, 5.41) is 4.96. The van der Waals surface area contributed by atoms with E-state index in [2.05, 4.69) is 10.0 Å². The van der Waals surface area contributed by atoms with Crippen LogP contribution < -0.4 is 10.0 Å². The lowest BCUT2D eigenvalue weighted by atomic mass is 10.1. The molecule has 0 unspecified atom stereocenters. The van der Waals surface area contributed by atoms with Crippen molar-refractivity contribution >= 4 is 44.6 Å². The van der Waals surface area contributed by atoms with E-state index in [4.69, 9.17) is 11.6 Å². The number of hydrogen-bond donors (Lipinski definition) is 2. The van der Waals surface area contributed by atoms with Gasteiger partial charge in [0.05, 0.1) is 0 Å². The number of benzene rings is 2. The second kappa shape index (κ2) is 8.22. The van der Waals surface area contributed by atoms with Crippen molar-refractivity contribution in [1.82, 2.24) is 4.72 Å². The molecule has 0 aliphatic heterocycles. The zero-order chi connectivity index (χ0) is 19.4. The number of anilines is 1. The SMILES string of the molecule is Cc1c(Cl)cccc1NC(=O)[C@H](NS(=O)(=O)c1cccs1)c1ccccc1. The first kappa shape index (κ1) is 19.6. The predicted octanol–water partition coefficient (Wildman–Crippen LogP) is 4.37. The number of thiophene rings is 1. The highest BCUT2D eigenvalue weighted by Crippen LogP contribution is 2.26. The van der Waals surface area contributed by atoms with E-state index in [0.29, 0.717) is 21.8 Å². The molecule has 27 heavy (non-hydrogen) atoms. The van der Waals surface area contributed by atoms with E-state index in [0.717, 1.165) is 11.3 Å². The molecule has 1 heterocycles. The molecule has 0 fully saturated rings. The van der Waals surface area contributed by atoms with Crippen LogP contribution in [-0.2, 0) is 14.8 Å². The highest BCUT2D eigenvalue weighted by Gasteiger charge is 2.28. The fourth-order valence-corrected chi connectivity index (χ4v) is 4.86. The Morgan fingerprint density at radius 2 is 1.78 bits per heavy atom. The lowest BCUT2D eigenvalue weighted by Gasteiger charge is -2.19. The van der Waals surface area contributed by atoms with Crippen molar-refractivity contribution in [3.63, 3.8) is 0 Å². The Morgan fingerprint density at radius 1 is 1.04 bits per heavy atom. The molecule has 0 saturated heterocycles. The molecule has 3 rings (SSSR count). The van der Waals surface area contributed by atoms with E-state index in [1.54, 1.807) is 66.9 Å².